The van der Waals surface area contributed by atoms with E-state index in [0.29, 0.717) is 6.42 Å². The van der Waals surface area contributed by atoms with Crippen LogP contribution in [0.3, 0.4) is 0 Å². The van der Waals surface area contributed by atoms with Crippen LogP contribution in [-0.4, -0.2) is 16.7 Å². The van der Waals surface area contributed by atoms with E-state index in [2.05, 4.69) is 21.6 Å². The van der Waals surface area contributed by atoms with Gasteiger partial charge in [0.15, 0.2) is 0 Å². The summed E-state index contributed by atoms with van der Waals surface area (Å²) in [7, 11) is 0. The minimum absolute atomic E-state index is 0.552. The Kier molecular flexibility index (Phi) is 3.47. The second kappa shape index (κ2) is 4.63. The minimum atomic E-state index is 0.552. The van der Waals surface area contributed by atoms with Crippen molar-refractivity contribution >= 4 is 0 Å². The Balaban J connectivity index is 2.41. The van der Waals surface area contributed by atoms with Gasteiger partial charge in [0.05, 0.1) is 11.8 Å². The molecule has 4 nitrogen and oxygen atoms in total. The maximum absolute atomic E-state index is 8.32. The van der Waals surface area contributed by atoms with Crippen LogP contribution in [0.1, 0.15) is 23.4 Å². The number of nitriles is 1. The van der Waals surface area contributed by atoms with E-state index in [9.17, 15) is 0 Å². The van der Waals surface area contributed by atoms with Crippen LogP contribution in [0.4, 0.5) is 0 Å². The maximum Gasteiger partial charge on any atom is 0.0638 e. The molecule has 0 saturated heterocycles. The van der Waals surface area contributed by atoms with Crippen LogP contribution in [0.5, 0.6) is 0 Å². The van der Waals surface area contributed by atoms with Gasteiger partial charge in [0.2, 0.25) is 0 Å². The third kappa shape index (κ3) is 2.56. The van der Waals surface area contributed by atoms with Gasteiger partial charge in [-0.05, 0) is 13.8 Å². The second-order valence-corrected chi connectivity index (χ2v) is 3.00. The van der Waals surface area contributed by atoms with Crippen LogP contribution in [0.15, 0.2) is 0 Å². The van der Waals surface area contributed by atoms with Gasteiger partial charge in [0.25, 0.3) is 0 Å². The van der Waals surface area contributed by atoms with Crippen molar-refractivity contribution in [1.29, 1.82) is 5.26 Å². The van der Waals surface area contributed by atoms with Gasteiger partial charge >= 0.3 is 0 Å². The van der Waals surface area contributed by atoms with Crippen molar-refractivity contribution in [2.24, 2.45) is 0 Å². The van der Waals surface area contributed by atoms with E-state index >= 15 is 0 Å². The Morgan fingerprint density at radius 1 is 1.54 bits per heavy atom. The molecule has 0 aromatic carbocycles. The fourth-order valence-electron chi connectivity index (χ4n) is 1.19. The van der Waals surface area contributed by atoms with Gasteiger partial charge in [-0.15, -0.1) is 0 Å². The quantitative estimate of drug-likeness (QED) is 0.677. The second-order valence-electron chi connectivity index (χ2n) is 3.00. The van der Waals surface area contributed by atoms with Crippen molar-refractivity contribution in [3.8, 4) is 6.07 Å². The Morgan fingerprint density at radius 2 is 2.31 bits per heavy atom. The van der Waals surface area contributed by atoms with E-state index in [1.165, 1.54) is 5.56 Å². The zero-order valence-electron chi connectivity index (χ0n) is 8.02. The van der Waals surface area contributed by atoms with Gasteiger partial charge < -0.3 is 5.32 Å². The zero-order valence-corrected chi connectivity index (χ0v) is 8.02. The molecule has 0 aliphatic heterocycles. The predicted molar refractivity (Wildman–Crippen MR) is 50.0 cm³/mol. The molecule has 0 bridgehead atoms. The van der Waals surface area contributed by atoms with Gasteiger partial charge in [0.1, 0.15) is 0 Å². The van der Waals surface area contributed by atoms with Crippen LogP contribution >= 0.6 is 0 Å². The smallest absolute Gasteiger partial charge is 0.0638 e. The number of nitrogens with zero attached hydrogens (tertiary/aromatic N) is 2. The lowest BCUT2D eigenvalue weighted by Gasteiger charge is -2.01. The monoisotopic (exact) mass is 178 g/mol. The summed E-state index contributed by atoms with van der Waals surface area (Å²) < 4.78 is 0. The highest BCUT2D eigenvalue weighted by atomic mass is 15.1. The summed E-state index contributed by atoms with van der Waals surface area (Å²) in [6.07, 6.45) is 0.552. The molecule has 0 aliphatic rings. The van der Waals surface area contributed by atoms with Crippen molar-refractivity contribution in [1.82, 2.24) is 15.5 Å². The van der Waals surface area contributed by atoms with Crippen LogP contribution in [-0.2, 0) is 6.54 Å². The summed E-state index contributed by atoms with van der Waals surface area (Å²) in [5.74, 6) is 0. The lowest BCUT2D eigenvalue weighted by molar-refractivity contribution is 0.694. The number of rotatable bonds is 4. The standard InChI is InChI=1S/C9H14N4/c1-7-9(8(2)13-12-7)6-11-5-3-4-10/h11H,3,5-6H2,1-2H3,(H,12,13). The van der Waals surface area contributed by atoms with Crippen LogP contribution in [0.25, 0.3) is 0 Å². The molecule has 70 valence electrons. The maximum atomic E-state index is 8.32. The highest BCUT2D eigenvalue weighted by molar-refractivity contribution is 5.22. The largest absolute Gasteiger partial charge is 0.312 e. The molecule has 13 heavy (non-hydrogen) atoms. The Bertz CT molecular complexity index is 288. The lowest BCUT2D eigenvalue weighted by Crippen LogP contribution is -2.15. The minimum Gasteiger partial charge on any atom is -0.312 e. The first-order chi connectivity index (χ1) is 6.25. The molecule has 1 rings (SSSR count). The summed E-state index contributed by atoms with van der Waals surface area (Å²) >= 11 is 0. The summed E-state index contributed by atoms with van der Waals surface area (Å²) in [5, 5.41) is 18.5. The average Bonchev–Trinajstić information content (AvgIpc) is 2.42. The van der Waals surface area contributed by atoms with Gasteiger partial charge in [-0.3, -0.25) is 5.10 Å². The Labute approximate surface area is 78.0 Å². The van der Waals surface area contributed by atoms with E-state index in [1.807, 2.05) is 13.8 Å². The van der Waals surface area contributed by atoms with E-state index in [1.54, 1.807) is 0 Å². The molecule has 0 amide bonds. The molecule has 4 heteroatoms. The number of H-pyrrole nitrogens is 1. The van der Waals surface area contributed by atoms with Gasteiger partial charge in [-0.1, -0.05) is 0 Å². The van der Waals surface area contributed by atoms with E-state index in [4.69, 9.17) is 5.26 Å². The van der Waals surface area contributed by atoms with Crippen molar-refractivity contribution in [3.63, 3.8) is 0 Å². The first kappa shape index (κ1) is 9.75. The third-order valence-corrected chi connectivity index (χ3v) is 2.00. The normalized spacial score (nSPS) is 9.92. The molecule has 1 heterocycles. The molecule has 0 unspecified atom stereocenters. The van der Waals surface area contributed by atoms with Crippen molar-refractivity contribution in [3.05, 3.63) is 17.0 Å². The summed E-state index contributed by atoms with van der Waals surface area (Å²) in [4.78, 5) is 0. The van der Waals surface area contributed by atoms with Crippen molar-refractivity contribution < 1.29 is 0 Å². The molecule has 1 aromatic heterocycles. The zero-order chi connectivity index (χ0) is 9.68. The SMILES string of the molecule is Cc1n[nH]c(C)c1CNCCC#N. The van der Waals surface area contributed by atoms with Crippen molar-refractivity contribution in [2.45, 2.75) is 26.8 Å². The number of hydrogen-bond acceptors (Lipinski definition) is 3. The summed E-state index contributed by atoms with van der Waals surface area (Å²) in [6, 6.07) is 2.09. The number of aromatic nitrogens is 2. The molecular formula is C9H14N4. The van der Waals surface area contributed by atoms with E-state index in [0.717, 1.165) is 24.5 Å². The van der Waals surface area contributed by atoms with Gasteiger partial charge in [0, 0.05) is 30.8 Å². The Morgan fingerprint density at radius 3 is 2.85 bits per heavy atom. The predicted octanol–water partition coefficient (Wildman–Crippen LogP) is 1.03. The van der Waals surface area contributed by atoms with E-state index < -0.39 is 0 Å². The molecule has 2 N–H and O–H groups in total. The molecule has 0 fully saturated rings. The fourth-order valence-corrected chi connectivity index (χ4v) is 1.19. The first-order valence-electron chi connectivity index (χ1n) is 4.34. The summed E-state index contributed by atoms with van der Waals surface area (Å²) in [6.45, 7) is 5.50. The summed E-state index contributed by atoms with van der Waals surface area (Å²) in [5.41, 5.74) is 3.34. The lowest BCUT2D eigenvalue weighted by atomic mass is 10.2. The highest BCUT2D eigenvalue weighted by Crippen LogP contribution is 2.07. The molecule has 1 aromatic rings. The van der Waals surface area contributed by atoms with Crippen molar-refractivity contribution in [2.75, 3.05) is 6.54 Å². The number of hydrogen-bond donors (Lipinski definition) is 2. The molecule has 0 spiro atoms. The molecule has 0 atom stereocenters. The Hall–Kier alpha value is -1.34. The molecule has 0 radical (unpaired) electrons. The van der Waals surface area contributed by atoms with Crippen LogP contribution in [0.2, 0.25) is 0 Å². The van der Waals surface area contributed by atoms with E-state index in [-0.39, 0.29) is 0 Å². The van der Waals surface area contributed by atoms with Gasteiger partial charge in [-0.25, -0.2) is 0 Å². The molecule has 0 saturated carbocycles. The highest BCUT2D eigenvalue weighted by Gasteiger charge is 2.04. The van der Waals surface area contributed by atoms with Crippen LogP contribution < -0.4 is 5.32 Å². The number of aromatic amines is 1. The van der Waals surface area contributed by atoms with Gasteiger partial charge in [-0.2, -0.15) is 10.4 Å². The fraction of sp³-hybridized carbons (Fsp3) is 0.556. The average molecular weight is 178 g/mol. The third-order valence-electron chi connectivity index (χ3n) is 2.00. The van der Waals surface area contributed by atoms with Crippen LogP contribution in [0, 0.1) is 25.2 Å². The molecule has 0 aliphatic carbocycles. The number of nitrogens with one attached hydrogen (secondary N) is 2. The molecular weight excluding hydrogens is 164 g/mol. The topological polar surface area (TPSA) is 64.5 Å². The number of aryl methyl sites for hydroxylation is 2. The first-order valence-corrected chi connectivity index (χ1v) is 4.34.